The second kappa shape index (κ2) is 15.1. The predicted octanol–water partition coefficient (Wildman–Crippen LogP) is 3.78. The highest BCUT2D eigenvalue weighted by Crippen LogP contribution is 2.28. The van der Waals surface area contributed by atoms with Crippen molar-refractivity contribution in [2.75, 3.05) is 12.4 Å². The Morgan fingerprint density at radius 1 is 1.38 bits per heavy atom. The SMILES string of the molecule is C=CCC(C(=C)C)c1cccc(NC(C)=O)c1.C=CNC.N=CN. The maximum Gasteiger partial charge on any atom is 0.221 e. The molecule has 0 radical (unpaired) electrons. The van der Waals surface area contributed by atoms with Gasteiger partial charge in [-0.05, 0) is 37.2 Å². The zero-order valence-electron chi connectivity index (χ0n) is 14.9. The molecule has 1 amide bonds. The summed E-state index contributed by atoms with van der Waals surface area (Å²) in [6.45, 7) is 14.7. The molecule has 1 unspecified atom stereocenters. The summed E-state index contributed by atoms with van der Waals surface area (Å²) >= 11 is 0. The molecule has 0 saturated heterocycles. The highest BCUT2D eigenvalue weighted by molar-refractivity contribution is 5.88. The molecule has 0 aliphatic rings. The van der Waals surface area contributed by atoms with Crippen LogP contribution in [0.3, 0.4) is 0 Å². The molecule has 5 nitrogen and oxygen atoms in total. The number of nitrogens with one attached hydrogen (secondary N) is 3. The van der Waals surface area contributed by atoms with Crippen LogP contribution >= 0.6 is 0 Å². The molecule has 0 aliphatic carbocycles. The van der Waals surface area contributed by atoms with Crippen LogP contribution < -0.4 is 16.4 Å². The number of carbonyl (C=O) groups excluding carboxylic acids is 1. The van der Waals surface area contributed by atoms with E-state index in [4.69, 9.17) is 5.41 Å². The average molecular weight is 330 g/mol. The van der Waals surface area contributed by atoms with Gasteiger partial charge >= 0.3 is 0 Å². The van der Waals surface area contributed by atoms with E-state index < -0.39 is 0 Å². The third-order valence-electron chi connectivity index (χ3n) is 2.81. The Bertz CT molecular complexity index is 538. The van der Waals surface area contributed by atoms with Gasteiger partial charge in [-0.2, -0.15) is 0 Å². The maximum atomic E-state index is 11.0. The van der Waals surface area contributed by atoms with Gasteiger partial charge in [-0.1, -0.05) is 36.9 Å². The zero-order chi connectivity index (χ0) is 19.0. The number of nitrogens with two attached hydrogens (primary N) is 1. The van der Waals surface area contributed by atoms with Crippen molar-refractivity contribution < 1.29 is 4.79 Å². The fraction of sp³-hybridized carbons (Fsp3) is 0.263. The smallest absolute Gasteiger partial charge is 0.221 e. The summed E-state index contributed by atoms with van der Waals surface area (Å²) in [4.78, 5) is 11.0. The molecule has 5 heteroatoms. The minimum absolute atomic E-state index is 0.0576. The lowest BCUT2D eigenvalue weighted by molar-refractivity contribution is -0.114. The quantitative estimate of drug-likeness (QED) is 0.363. The minimum Gasteiger partial charge on any atom is -0.394 e. The summed E-state index contributed by atoms with van der Waals surface area (Å²) in [7, 11) is 1.81. The monoisotopic (exact) mass is 330 g/mol. The van der Waals surface area contributed by atoms with Crippen LogP contribution in [0.25, 0.3) is 0 Å². The molecule has 1 rings (SSSR count). The molecule has 1 atom stereocenters. The Balaban J connectivity index is 0. The molecule has 24 heavy (non-hydrogen) atoms. The van der Waals surface area contributed by atoms with Crippen LogP contribution in [0.1, 0.15) is 31.7 Å². The van der Waals surface area contributed by atoms with Crippen molar-refractivity contribution >= 4 is 17.9 Å². The van der Waals surface area contributed by atoms with E-state index >= 15 is 0 Å². The molecule has 0 aliphatic heterocycles. The first-order valence-electron chi connectivity index (χ1n) is 7.50. The molecule has 0 aromatic heterocycles. The van der Waals surface area contributed by atoms with E-state index in [1.165, 1.54) is 6.92 Å². The first kappa shape index (κ1) is 23.4. The van der Waals surface area contributed by atoms with E-state index in [1.807, 2.05) is 44.3 Å². The molecule has 0 bridgehead atoms. The number of hydrogen-bond acceptors (Lipinski definition) is 3. The first-order valence-corrected chi connectivity index (χ1v) is 7.50. The Labute approximate surface area is 145 Å². The van der Waals surface area contributed by atoms with E-state index in [9.17, 15) is 4.79 Å². The van der Waals surface area contributed by atoms with Crippen LogP contribution in [0, 0.1) is 5.41 Å². The van der Waals surface area contributed by atoms with Crippen molar-refractivity contribution in [3.63, 3.8) is 0 Å². The van der Waals surface area contributed by atoms with Crippen LogP contribution in [0.4, 0.5) is 5.69 Å². The second-order valence-corrected chi connectivity index (χ2v) is 4.89. The van der Waals surface area contributed by atoms with Crippen LogP contribution in [0.15, 0.2) is 61.9 Å². The summed E-state index contributed by atoms with van der Waals surface area (Å²) in [6.07, 6.45) is 5.13. The van der Waals surface area contributed by atoms with Gasteiger partial charge in [-0.25, -0.2) is 0 Å². The van der Waals surface area contributed by atoms with E-state index in [0.29, 0.717) is 0 Å². The highest BCUT2D eigenvalue weighted by atomic mass is 16.1. The van der Waals surface area contributed by atoms with Gasteiger partial charge in [0.1, 0.15) is 0 Å². The fourth-order valence-corrected chi connectivity index (χ4v) is 1.82. The zero-order valence-corrected chi connectivity index (χ0v) is 14.9. The lowest BCUT2D eigenvalue weighted by Gasteiger charge is -2.16. The van der Waals surface area contributed by atoms with Crippen molar-refractivity contribution in [1.82, 2.24) is 5.32 Å². The average Bonchev–Trinajstić information content (AvgIpc) is 2.53. The van der Waals surface area contributed by atoms with E-state index in [-0.39, 0.29) is 11.8 Å². The standard InChI is InChI=1S/C15H19NO.C3H7N.CH4N2/c1-5-7-15(11(2)3)13-8-6-9-14(10-13)16-12(4)17;1-3-4-2;2-1-3/h5-6,8-10,15H,1-2,7H2,3-4H3,(H,16,17);3-4H,1H2,2H3;1H,(H3,2,3). The van der Waals surface area contributed by atoms with Crippen LogP contribution in [0.5, 0.6) is 0 Å². The van der Waals surface area contributed by atoms with Gasteiger partial charge in [-0.3, -0.25) is 10.2 Å². The normalized spacial score (nSPS) is 9.62. The lowest BCUT2D eigenvalue weighted by atomic mass is 9.90. The van der Waals surface area contributed by atoms with Gasteiger partial charge in [0.2, 0.25) is 5.91 Å². The van der Waals surface area contributed by atoms with Crippen LogP contribution in [0.2, 0.25) is 0 Å². The van der Waals surface area contributed by atoms with Crippen molar-refractivity contribution in [2.45, 2.75) is 26.2 Å². The molecule has 0 saturated carbocycles. The fourth-order valence-electron chi connectivity index (χ4n) is 1.82. The number of benzene rings is 1. The van der Waals surface area contributed by atoms with Gasteiger partial charge in [0.25, 0.3) is 0 Å². The summed E-state index contributed by atoms with van der Waals surface area (Å²) in [6, 6.07) is 7.87. The van der Waals surface area contributed by atoms with Gasteiger partial charge in [0, 0.05) is 25.6 Å². The maximum absolute atomic E-state index is 11.0. The number of hydrogen-bond donors (Lipinski definition) is 4. The van der Waals surface area contributed by atoms with Gasteiger partial charge in [0.15, 0.2) is 0 Å². The van der Waals surface area contributed by atoms with Crippen LogP contribution in [-0.2, 0) is 4.79 Å². The van der Waals surface area contributed by atoms with Gasteiger partial charge in [-0.15, -0.1) is 6.58 Å². The van der Waals surface area contributed by atoms with E-state index in [2.05, 4.69) is 36.1 Å². The lowest BCUT2D eigenvalue weighted by Crippen LogP contribution is -2.07. The number of carbonyl (C=O) groups is 1. The summed E-state index contributed by atoms with van der Waals surface area (Å²) in [5.74, 6) is 0.207. The molecule has 0 heterocycles. The summed E-state index contributed by atoms with van der Waals surface area (Å²) in [5, 5.41) is 11.3. The van der Waals surface area contributed by atoms with Crippen molar-refractivity contribution in [1.29, 1.82) is 5.41 Å². The number of amides is 1. The predicted molar refractivity (Wildman–Crippen MR) is 105 cm³/mol. The molecule has 5 N–H and O–H groups in total. The Kier molecular flexibility index (Phi) is 14.7. The first-order chi connectivity index (χ1) is 11.4. The molecular formula is C19H30N4O. The molecular weight excluding hydrogens is 300 g/mol. The number of allylic oxidation sites excluding steroid dienone is 2. The number of anilines is 1. The molecule has 0 spiro atoms. The molecule has 1 aromatic carbocycles. The van der Waals surface area contributed by atoms with Crippen molar-refractivity contribution in [2.24, 2.45) is 5.73 Å². The molecule has 1 aromatic rings. The Morgan fingerprint density at radius 2 is 1.92 bits per heavy atom. The Hall–Kier alpha value is -2.82. The van der Waals surface area contributed by atoms with Gasteiger partial charge < -0.3 is 16.4 Å². The minimum atomic E-state index is -0.0576. The third-order valence-corrected chi connectivity index (χ3v) is 2.81. The topological polar surface area (TPSA) is 91.0 Å². The summed E-state index contributed by atoms with van der Waals surface area (Å²) in [5.41, 5.74) is 7.47. The number of rotatable bonds is 6. The largest absolute Gasteiger partial charge is 0.394 e. The van der Waals surface area contributed by atoms with Crippen molar-refractivity contribution in [3.05, 3.63) is 67.4 Å². The summed E-state index contributed by atoms with van der Waals surface area (Å²) < 4.78 is 0. The van der Waals surface area contributed by atoms with Crippen molar-refractivity contribution in [3.8, 4) is 0 Å². The van der Waals surface area contributed by atoms with E-state index in [1.54, 1.807) is 6.20 Å². The second-order valence-electron chi connectivity index (χ2n) is 4.89. The highest BCUT2D eigenvalue weighted by Gasteiger charge is 2.11. The van der Waals surface area contributed by atoms with E-state index in [0.717, 1.165) is 29.6 Å². The van der Waals surface area contributed by atoms with Gasteiger partial charge in [0.05, 0.1) is 6.34 Å². The molecule has 132 valence electrons. The Morgan fingerprint density at radius 3 is 2.29 bits per heavy atom. The third kappa shape index (κ3) is 11.8. The van der Waals surface area contributed by atoms with Crippen LogP contribution in [-0.4, -0.2) is 19.3 Å². The molecule has 0 fully saturated rings.